The number of hydrogen-bond acceptors (Lipinski definition) is 6. The highest BCUT2D eigenvalue weighted by atomic mass is 32.1. The molecule has 0 atom stereocenters. The second-order valence-corrected chi connectivity index (χ2v) is 5.98. The maximum absolute atomic E-state index is 12.2. The summed E-state index contributed by atoms with van der Waals surface area (Å²) in [5.74, 6) is -0.421. The van der Waals surface area contributed by atoms with Gasteiger partial charge < -0.3 is 21.3 Å². The monoisotopic (exact) mass is 295 g/mol. The zero-order valence-corrected chi connectivity index (χ0v) is 12.1. The molecule has 0 unspecified atom stereocenters. The van der Waals surface area contributed by atoms with Gasteiger partial charge in [0.2, 0.25) is 0 Å². The van der Waals surface area contributed by atoms with Crippen molar-refractivity contribution < 1.29 is 15.0 Å². The Morgan fingerprint density at radius 1 is 1.50 bits per heavy atom. The van der Waals surface area contributed by atoms with E-state index in [1.807, 2.05) is 13.0 Å². The minimum Gasteiger partial charge on any atom is -0.397 e. The van der Waals surface area contributed by atoms with Crippen LogP contribution in [0.25, 0.3) is 10.2 Å². The molecule has 108 valence electrons. The Morgan fingerprint density at radius 3 is 2.70 bits per heavy atom. The molecule has 20 heavy (non-hydrogen) atoms. The van der Waals surface area contributed by atoms with E-state index in [1.54, 1.807) is 13.1 Å². The molecule has 2 aromatic heterocycles. The number of aromatic nitrogens is 1. The molecule has 0 saturated heterocycles. The number of carbonyl (C=O) groups is 1. The highest BCUT2D eigenvalue weighted by Gasteiger charge is 2.27. The Bertz CT molecular complexity index is 650. The lowest BCUT2D eigenvalue weighted by molar-refractivity contribution is 0.0728. The maximum Gasteiger partial charge on any atom is 0.264 e. The first-order valence-corrected chi connectivity index (χ1v) is 6.91. The molecule has 0 radical (unpaired) electrons. The lowest BCUT2D eigenvalue weighted by Gasteiger charge is -2.25. The van der Waals surface area contributed by atoms with E-state index in [9.17, 15) is 15.0 Å². The van der Waals surface area contributed by atoms with Gasteiger partial charge >= 0.3 is 0 Å². The van der Waals surface area contributed by atoms with Crippen molar-refractivity contribution in [2.75, 3.05) is 18.9 Å². The van der Waals surface area contributed by atoms with Gasteiger partial charge in [0.1, 0.15) is 9.71 Å². The minimum absolute atomic E-state index is 0.343. The lowest BCUT2D eigenvalue weighted by Crippen LogP contribution is -2.51. The van der Waals surface area contributed by atoms with Crippen LogP contribution in [0.4, 0.5) is 5.69 Å². The fraction of sp³-hybridized carbons (Fsp3) is 0.385. The lowest BCUT2D eigenvalue weighted by atomic mass is 10.1. The summed E-state index contributed by atoms with van der Waals surface area (Å²) < 4.78 is 0. The number of anilines is 1. The van der Waals surface area contributed by atoms with Gasteiger partial charge in [-0.3, -0.25) is 4.79 Å². The Labute approximate surface area is 120 Å². The van der Waals surface area contributed by atoms with E-state index in [0.29, 0.717) is 15.4 Å². The molecule has 0 aromatic carbocycles. The summed E-state index contributed by atoms with van der Waals surface area (Å²) in [6.07, 6.45) is 1.67. The predicted molar refractivity (Wildman–Crippen MR) is 78.8 cm³/mol. The maximum atomic E-state index is 12.2. The molecule has 2 aromatic rings. The van der Waals surface area contributed by atoms with Gasteiger partial charge in [-0.05, 0) is 25.5 Å². The molecule has 5 N–H and O–H groups in total. The third-order valence-corrected chi connectivity index (χ3v) is 4.27. The van der Waals surface area contributed by atoms with Gasteiger partial charge in [-0.2, -0.15) is 0 Å². The molecule has 0 spiro atoms. The van der Waals surface area contributed by atoms with Crippen LogP contribution in [-0.4, -0.2) is 39.9 Å². The van der Waals surface area contributed by atoms with Crippen LogP contribution in [0.5, 0.6) is 0 Å². The Morgan fingerprint density at radius 2 is 2.15 bits per heavy atom. The van der Waals surface area contributed by atoms with Crippen molar-refractivity contribution in [1.29, 1.82) is 0 Å². The van der Waals surface area contributed by atoms with E-state index in [1.165, 1.54) is 11.3 Å². The molecule has 0 aliphatic carbocycles. The first-order valence-electron chi connectivity index (χ1n) is 6.09. The molecular formula is C13H17N3O3S. The van der Waals surface area contributed by atoms with Crippen molar-refractivity contribution in [3.63, 3.8) is 0 Å². The van der Waals surface area contributed by atoms with E-state index < -0.39 is 11.4 Å². The molecule has 0 aliphatic rings. The number of nitrogens with two attached hydrogens (primary N) is 1. The van der Waals surface area contributed by atoms with Gasteiger partial charge in [-0.25, -0.2) is 4.98 Å². The number of nitrogens with one attached hydrogen (secondary N) is 1. The fourth-order valence-corrected chi connectivity index (χ4v) is 2.87. The Hall–Kier alpha value is -1.70. The number of fused-ring (bicyclic) bond motifs is 1. The first kappa shape index (κ1) is 14.7. The van der Waals surface area contributed by atoms with Gasteiger partial charge in [-0.15, -0.1) is 11.3 Å². The average Bonchev–Trinajstić information content (AvgIpc) is 2.77. The molecule has 2 rings (SSSR count). The number of rotatable bonds is 4. The van der Waals surface area contributed by atoms with Crippen LogP contribution in [0.2, 0.25) is 0 Å². The summed E-state index contributed by atoms with van der Waals surface area (Å²) in [6.45, 7) is 2.73. The number of amides is 1. The third-order valence-electron chi connectivity index (χ3n) is 3.16. The number of nitrogen functional groups attached to an aromatic ring is 1. The van der Waals surface area contributed by atoms with Crippen molar-refractivity contribution in [3.8, 4) is 0 Å². The highest BCUT2D eigenvalue weighted by Crippen LogP contribution is 2.34. The van der Waals surface area contributed by atoms with E-state index >= 15 is 0 Å². The van der Waals surface area contributed by atoms with Crippen LogP contribution in [-0.2, 0) is 0 Å². The topological polar surface area (TPSA) is 108 Å². The highest BCUT2D eigenvalue weighted by molar-refractivity contribution is 7.21. The summed E-state index contributed by atoms with van der Waals surface area (Å²) in [7, 11) is 0. The second kappa shape index (κ2) is 5.35. The summed E-state index contributed by atoms with van der Waals surface area (Å²) in [5, 5.41) is 21.8. The van der Waals surface area contributed by atoms with Gasteiger partial charge in [0, 0.05) is 11.6 Å². The number of aliphatic hydroxyl groups excluding tert-OH is 2. The number of nitrogens with zero attached hydrogens (tertiary/aromatic N) is 1. The standard InChI is InChI=1S/C13H17N3O3S/c1-7-3-4-15-12-8(7)9(14)10(20-12)11(19)16-13(2,5-17)6-18/h3-4,17-18H,5-6,14H2,1-2H3,(H,16,19). The largest absolute Gasteiger partial charge is 0.397 e. The van der Waals surface area contributed by atoms with Crippen molar-refractivity contribution in [1.82, 2.24) is 10.3 Å². The molecule has 7 heteroatoms. The van der Waals surface area contributed by atoms with Crippen LogP contribution >= 0.6 is 11.3 Å². The molecule has 6 nitrogen and oxygen atoms in total. The van der Waals surface area contributed by atoms with E-state index in [-0.39, 0.29) is 13.2 Å². The molecule has 2 heterocycles. The quantitative estimate of drug-likeness (QED) is 0.662. The molecule has 0 fully saturated rings. The average molecular weight is 295 g/mol. The summed E-state index contributed by atoms with van der Waals surface area (Å²) in [4.78, 5) is 17.5. The number of carbonyl (C=O) groups excluding carboxylic acids is 1. The smallest absolute Gasteiger partial charge is 0.264 e. The normalized spacial score (nSPS) is 11.8. The molecular weight excluding hydrogens is 278 g/mol. The molecule has 0 aliphatic heterocycles. The van der Waals surface area contributed by atoms with E-state index in [0.717, 1.165) is 10.9 Å². The van der Waals surface area contributed by atoms with Crippen LogP contribution in [0.3, 0.4) is 0 Å². The van der Waals surface area contributed by atoms with Gasteiger partial charge in [0.05, 0.1) is 24.4 Å². The summed E-state index contributed by atoms with van der Waals surface area (Å²) >= 11 is 1.20. The fourth-order valence-electron chi connectivity index (χ4n) is 1.83. The van der Waals surface area contributed by atoms with Crippen molar-refractivity contribution in [3.05, 3.63) is 22.7 Å². The molecule has 1 amide bonds. The van der Waals surface area contributed by atoms with Gasteiger partial charge in [-0.1, -0.05) is 0 Å². The van der Waals surface area contributed by atoms with Crippen LogP contribution in [0, 0.1) is 6.92 Å². The number of hydrogen-bond donors (Lipinski definition) is 4. The second-order valence-electron chi connectivity index (χ2n) is 4.98. The molecule has 0 saturated carbocycles. The summed E-state index contributed by atoms with van der Waals surface area (Å²) in [5.41, 5.74) is 6.28. The first-order chi connectivity index (χ1) is 9.41. The molecule has 0 bridgehead atoms. The van der Waals surface area contributed by atoms with Crippen LogP contribution in [0.1, 0.15) is 22.2 Å². The number of aryl methyl sites for hydroxylation is 1. The zero-order valence-electron chi connectivity index (χ0n) is 11.3. The van der Waals surface area contributed by atoms with E-state index in [2.05, 4.69) is 10.3 Å². The Balaban J connectivity index is 2.41. The number of aliphatic hydroxyl groups is 2. The van der Waals surface area contributed by atoms with E-state index in [4.69, 9.17) is 5.73 Å². The van der Waals surface area contributed by atoms with Crippen molar-refractivity contribution in [2.45, 2.75) is 19.4 Å². The van der Waals surface area contributed by atoms with Gasteiger partial charge in [0.25, 0.3) is 5.91 Å². The summed E-state index contributed by atoms with van der Waals surface area (Å²) in [6, 6.07) is 1.83. The number of thiophene rings is 1. The SMILES string of the molecule is Cc1ccnc2sc(C(=O)NC(C)(CO)CO)c(N)c12. The predicted octanol–water partition coefficient (Wildman–Crippen LogP) is 0.660. The number of pyridine rings is 1. The van der Waals surface area contributed by atoms with Crippen LogP contribution < -0.4 is 11.1 Å². The zero-order chi connectivity index (χ0) is 14.9. The third kappa shape index (κ3) is 2.47. The van der Waals surface area contributed by atoms with Crippen molar-refractivity contribution in [2.24, 2.45) is 0 Å². The van der Waals surface area contributed by atoms with Crippen molar-refractivity contribution >= 4 is 33.1 Å². The van der Waals surface area contributed by atoms with Gasteiger partial charge in [0.15, 0.2) is 0 Å². The van der Waals surface area contributed by atoms with Crippen LogP contribution in [0.15, 0.2) is 12.3 Å². The minimum atomic E-state index is -1.08. The Kier molecular flexibility index (Phi) is 3.94.